The second-order valence-corrected chi connectivity index (χ2v) is 8.21. The van der Waals surface area contributed by atoms with Crippen molar-refractivity contribution in [2.75, 3.05) is 18.1 Å². The van der Waals surface area contributed by atoms with Gasteiger partial charge in [0.1, 0.15) is 0 Å². The van der Waals surface area contributed by atoms with Crippen molar-refractivity contribution in [1.29, 1.82) is 0 Å². The molecule has 0 spiro atoms. The number of nitrogens with zero attached hydrogens (tertiary/aromatic N) is 1. The van der Waals surface area contributed by atoms with E-state index in [1.54, 1.807) is 20.8 Å². The number of hydrogen-bond donors (Lipinski definition) is 1. The molecule has 1 N–H and O–H groups in total. The SMILES string of the molecule is Cc1ccc(C)c(NC(=O)CN(C(C)(C)C)S(C)(=O)=O)c1. The molecule has 5 nitrogen and oxygen atoms in total. The summed E-state index contributed by atoms with van der Waals surface area (Å²) in [5, 5.41) is 2.78. The zero-order valence-electron chi connectivity index (χ0n) is 13.5. The smallest absolute Gasteiger partial charge is 0.239 e. The Balaban J connectivity index is 2.92. The van der Waals surface area contributed by atoms with E-state index in [0.29, 0.717) is 5.69 Å². The Morgan fingerprint density at radius 2 is 1.81 bits per heavy atom. The van der Waals surface area contributed by atoms with E-state index in [2.05, 4.69) is 5.32 Å². The molecule has 0 fully saturated rings. The molecule has 118 valence electrons. The predicted molar refractivity (Wildman–Crippen MR) is 85.8 cm³/mol. The van der Waals surface area contributed by atoms with Gasteiger partial charge in [-0.15, -0.1) is 0 Å². The van der Waals surface area contributed by atoms with Crippen molar-refractivity contribution >= 4 is 21.6 Å². The monoisotopic (exact) mass is 312 g/mol. The average Bonchev–Trinajstić information content (AvgIpc) is 2.28. The van der Waals surface area contributed by atoms with Crippen molar-refractivity contribution in [3.8, 4) is 0 Å². The lowest BCUT2D eigenvalue weighted by atomic mass is 10.1. The van der Waals surface area contributed by atoms with Crippen molar-refractivity contribution in [1.82, 2.24) is 4.31 Å². The molecule has 0 radical (unpaired) electrons. The zero-order valence-corrected chi connectivity index (χ0v) is 14.3. The van der Waals surface area contributed by atoms with Crippen LogP contribution in [0, 0.1) is 13.8 Å². The van der Waals surface area contributed by atoms with Crippen LogP contribution < -0.4 is 5.32 Å². The van der Waals surface area contributed by atoms with Gasteiger partial charge in [0.15, 0.2) is 0 Å². The number of sulfonamides is 1. The largest absolute Gasteiger partial charge is 0.325 e. The molecular formula is C15H24N2O3S. The fraction of sp³-hybridized carbons (Fsp3) is 0.533. The Morgan fingerprint density at radius 1 is 1.24 bits per heavy atom. The maximum Gasteiger partial charge on any atom is 0.239 e. The Labute approximate surface area is 127 Å². The molecule has 0 aliphatic heterocycles. The van der Waals surface area contributed by atoms with Gasteiger partial charge in [0.25, 0.3) is 0 Å². The van der Waals surface area contributed by atoms with Gasteiger partial charge in [0.2, 0.25) is 15.9 Å². The highest BCUT2D eigenvalue weighted by Crippen LogP contribution is 2.19. The lowest BCUT2D eigenvalue weighted by Gasteiger charge is -2.32. The van der Waals surface area contributed by atoms with E-state index < -0.39 is 15.6 Å². The second-order valence-electron chi connectivity index (χ2n) is 6.31. The van der Waals surface area contributed by atoms with Gasteiger partial charge in [-0.05, 0) is 51.8 Å². The summed E-state index contributed by atoms with van der Waals surface area (Å²) < 4.78 is 24.9. The molecular weight excluding hydrogens is 288 g/mol. The minimum atomic E-state index is -3.46. The first-order chi connectivity index (χ1) is 9.41. The first-order valence-electron chi connectivity index (χ1n) is 6.76. The van der Waals surface area contributed by atoms with Gasteiger partial charge in [-0.1, -0.05) is 12.1 Å². The highest BCUT2D eigenvalue weighted by Gasteiger charge is 2.31. The average molecular weight is 312 g/mol. The van der Waals surface area contributed by atoms with Gasteiger partial charge in [-0.3, -0.25) is 4.79 Å². The summed E-state index contributed by atoms with van der Waals surface area (Å²) in [7, 11) is -3.46. The third-order valence-electron chi connectivity index (χ3n) is 3.10. The maximum atomic E-state index is 12.2. The van der Waals surface area contributed by atoms with Crippen LogP contribution in [0.25, 0.3) is 0 Å². The van der Waals surface area contributed by atoms with E-state index in [0.717, 1.165) is 17.4 Å². The highest BCUT2D eigenvalue weighted by atomic mass is 32.2. The molecule has 0 atom stereocenters. The molecule has 21 heavy (non-hydrogen) atoms. The molecule has 0 aliphatic rings. The lowest BCUT2D eigenvalue weighted by molar-refractivity contribution is -0.117. The van der Waals surface area contributed by atoms with E-state index in [9.17, 15) is 13.2 Å². The number of aryl methyl sites for hydroxylation is 2. The molecule has 0 saturated carbocycles. The van der Waals surface area contributed by atoms with Crippen molar-refractivity contribution < 1.29 is 13.2 Å². The molecule has 1 rings (SSSR count). The first-order valence-corrected chi connectivity index (χ1v) is 8.61. The number of benzene rings is 1. The van der Waals surface area contributed by atoms with Gasteiger partial charge in [0.05, 0.1) is 12.8 Å². The van der Waals surface area contributed by atoms with Crippen molar-refractivity contribution in [3.05, 3.63) is 29.3 Å². The van der Waals surface area contributed by atoms with Gasteiger partial charge < -0.3 is 5.32 Å². The lowest BCUT2D eigenvalue weighted by Crippen LogP contribution is -2.48. The van der Waals surface area contributed by atoms with Crippen LogP contribution in [-0.2, 0) is 14.8 Å². The van der Waals surface area contributed by atoms with Crippen LogP contribution >= 0.6 is 0 Å². The fourth-order valence-corrected chi connectivity index (χ4v) is 3.39. The number of rotatable bonds is 4. The summed E-state index contributed by atoms with van der Waals surface area (Å²) in [5.74, 6) is -0.343. The minimum absolute atomic E-state index is 0.199. The third-order valence-corrected chi connectivity index (χ3v) is 4.58. The summed E-state index contributed by atoms with van der Waals surface area (Å²) in [4.78, 5) is 12.2. The maximum absolute atomic E-state index is 12.2. The molecule has 1 amide bonds. The van der Waals surface area contributed by atoms with E-state index in [1.807, 2.05) is 32.0 Å². The van der Waals surface area contributed by atoms with Crippen LogP contribution in [-0.4, -0.2) is 37.0 Å². The number of anilines is 1. The van der Waals surface area contributed by atoms with Crippen LogP contribution in [0.5, 0.6) is 0 Å². The van der Waals surface area contributed by atoms with Crippen LogP contribution in [0.3, 0.4) is 0 Å². The van der Waals surface area contributed by atoms with Crippen LogP contribution in [0.4, 0.5) is 5.69 Å². The number of hydrogen-bond acceptors (Lipinski definition) is 3. The van der Waals surface area contributed by atoms with Crippen molar-refractivity contribution in [3.63, 3.8) is 0 Å². The van der Waals surface area contributed by atoms with Crippen molar-refractivity contribution in [2.45, 2.75) is 40.2 Å². The van der Waals surface area contributed by atoms with Gasteiger partial charge in [0, 0.05) is 11.2 Å². The van der Waals surface area contributed by atoms with E-state index >= 15 is 0 Å². The van der Waals surface area contributed by atoms with Crippen LogP contribution in [0.15, 0.2) is 18.2 Å². The van der Waals surface area contributed by atoms with Crippen LogP contribution in [0.2, 0.25) is 0 Å². The van der Waals surface area contributed by atoms with Gasteiger partial charge >= 0.3 is 0 Å². The molecule has 0 aliphatic carbocycles. The third kappa shape index (κ3) is 5.13. The topological polar surface area (TPSA) is 66.5 Å². The molecule has 0 saturated heterocycles. The summed E-state index contributed by atoms with van der Waals surface area (Å²) in [6.45, 7) is 8.92. The molecule has 0 bridgehead atoms. The highest BCUT2D eigenvalue weighted by molar-refractivity contribution is 7.88. The molecule has 6 heteroatoms. The normalized spacial score (nSPS) is 12.5. The van der Waals surface area contributed by atoms with Crippen LogP contribution in [0.1, 0.15) is 31.9 Å². The molecule has 1 aromatic rings. The zero-order chi connectivity index (χ0) is 16.4. The van der Waals surface area contributed by atoms with Gasteiger partial charge in [-0.25, -0.2) is 8.42 Å². The Kier molecular flexibility index (Phi) is 5.17. The summed E-state index contributed by atoms with van der Waals surface area (Å²) >= 11 is 0. The molecule has 1 aromatic carbocycles. The standard InChI is InChI=1S/C15H24N2O3S/c1-11-7-8-12(2)13(9-11)16-14(18)10-17(15(3,4)5)21(6,19)20/h7-9H,10H2,1-6H3,(H,16,18). The Bertz CT molecular complexity index is 631. The molecule has 0 heterocycles. The van der Waals surface area contributed by atoms with Gasteiger partial charge in [-0.2, -0.15) is 4.31 Å². The number of carbonyl (C=O) groups excluding carboxylic acids is 1. The Hall–Kier alpha value is -1.40. The summed E-state index contributed by atoms with van der Waals surface area (Å²) in [6.07, 6.45) is 1.11. The summed E-state index contributed by atoms with van der Waals surface area (Å²) in [6, 6.07) is 5.75. The Morgan fingerprint density at radius 3 is 2.29 bits per heavy atom. The number of carbonyl (C=O) groups is 1. The number of amides is 1. The number of nitrogens with one attached hydrogen (secondary N) is 1. The predicted octanol–water partition coefficient (Wildman–Crippen LogP) is 2.30. The van der Waals surface area contributed by atoms with E-state index in [4.69, 9.17) is 0 Å². The van der Waals surface area contributed by atoms with E-state index in [1.165, 1.54) is 4.31 Å². The molecule has 0 unspecified atom stereocenters. The van der Waals surface area contributed by atoms with Crippen molar-refractivity contribution in [2.24, 2.45) is 0 Å². The summed E-state index contributed by atoms with van der Waals surface area (Å²) in [5.41, 5.74) is 2.04. The second kappa shape index (κ2) is 6.15. The van der Waals surface area contributed by atoms with E-state index in [-0.39, 0.29) is 12.5 Å². The molecule has 0 aromatic heterocycles. The fourth-order valence-electron chi connectivity index (χ4n) is 2.04. The quantitative estimate of drug-likeness (QED) is 0.927. The first kappa shape index (κ1) is 17.7. The minimum Gasteiger partial charge on any atom is -0.325 e.